The van der Waals surface area contributed by atoms with Crippen LogP contribution in [-0.4, -0.2) is 43.1 Å². The van der Waals surface area contributed by atoms with Crippen molar-refractivity contribution in [3.63, 3.8) is 0 Å². The predicted octanol–water partition coefficient (Wildman–Crippen LogP) is 2.74. The van der Waals surface area contributed by atoms with Crippen LogP contribution in [0.15, 0.2) is 24.3 Å². The Morgan fingerprint density at radius 2 is 2.17 bits per heavy atom. The molecule has 8 heteroatoms. The Balaban J connectivity index is 1.99. The van der Waals surface area contributed by atoms with Crippen molar-refractivity contribution in [2.75, 3.05) is 25.5 Å². The second kappa shape index (κ2) is 7.21. The van der Waals surface area contributed by atoms with Gasteiger partial charge in [0.15, 0.2) is 0 Å². The summed E-state index contributed by atoms with van der Waals surface area (Å²) in [5.41, 5.74) is 1.37. The number of nitrogens with zero attached hydrogens (tertiary/aromatic N) is 1. The Labute approximate surface area is 137 Å². The molecule has 1 fully saturated rings. The normalized spacial score (nSPS) is 19.5. The van der Waals surface area contributed by atoms with Crippen LogP contribution in [0, 0.1) is 5.92 Å². The minimum Gasteiger partial charge on any atom is -0.377 e. The van der Waals surface area contributed by atoms with Gasteiger partial charge in [-0.15, -0.1) is 0 Å². The van der Waals surface area contributed by atoms with Gasteiger partial charge in [-0.1, -0.05) is 12.1 Å². The molecule has 0 aromatic heterocycles. The third kappa shape index (κ3) is 4.70. The average Bonchev–Trinajstić information content (AvgIpc) is 2.86. The number of ether oxygens (including phenoxy) is 1. The molecular weight excluding hydrogens is 325 g/mol. The van der Waals surface area contributed by atoms with Crippen molar-refractivity contribution < 1.29 is 27.5 Å². The molecule has 0 unspecified atom stereocenters. The van der Waals surface area contributed by atoms with Crippen LogP contribution in [0.2, 0.25) is 0 Å². The second-order valence-corrected chi connectivity index (χ2v) is 5.78. The molecule has 1 aromatic carbocycles. The lowest BCUT2D eigenvalue weighted by Crippen LogP contribution is -2.36. The summed E-state index contributed by atoms with van der Waals surface area (Å²) >= 11 is 0. The van der Waals surface area contributed by atoms with E-state index in [1.165, 1.54) is 0 Å². The van der Waals surface area contributed by atoms with Crippen LogP contribution in [0.4, 0.5) is 18.9 Å². The van der Waals surface area contributed by atoms with Gasteiger partial charge in [0.25, 0.3) is 0 Å². The van der Waals surface area contributed by atoms with E-state index in [0.717, 1.165) is 5.56 Å². The number of likely N-dealkylation sites (tertiary alicyclic amines) is 1. The van der Waals surface area contributed by atoms with Crippen LogP contribution >= 0.6 is 0 Å². The minimum atomic E-state index is -4.47. The maximum Gasteiger partial charge on any atom is 0.406 e. The molecule has 1 aliphatic heterocycles. The standard InChI is InChI=1S/C16H19F3N2O3/c1-10(24-2)11-4-3-5-13(6-11)20-15(23)12-7-14(22)21(8-12)9-16(17,18)19/h3-6,10,12H,7-9H2,1-2H3,(H,20,23)/t10-,12+/m1/s1. The highest BCUT2D eigenvalue weighted by molar-refractivity contribution is 5.97. The highest BCUT2D eigenvalue weighted by atomic mass is 19.4. The van der Waals surface area contributed by atoms with Gasteiger partial charge in [0.2, 0.25) is 11.8 Å². The lowest BCUT2D eigenvalue weighted by atomic mass is 10.1. The van der Waals surface area contributed by atoms with Crippen molar-refractivity contribution in [1.82, 2.24) is 4.90 Å². The lowest BCUT2D eigenvalue weighted by Gasteiger charge is -2.18. The molecule has 2 rings (SSSR count). The summed E-state index contributed by atoms with van der Waals surface area (Å²) in [5.74, 6) is -1.91. The van der Waals surface area contributed by atoms with Gasteiger partial charge in [0, 0.05) is 25.8 Å². The molecule has 0 radical (unpaired) electrons. The van der Waals surface area contributed by atoms with E-state index in [1.807, 2.05) is 13.0 Å². The molecule has 1 aromatic rings. The Morgan fingerprint density at radius 3 is 2.79 bits per heavy atom. The zero-order valence-electron chi connectivity index (χ0n) is 13.4. The maximum absolute atomic E-state index is 12.4. The molecule has 1 saturated heterocycles. The number of carbonyl (C=O) groups is 2. The fourth-order valence-electron chi connectivity index (χ4n) is 2.57. The molecule has 2 atom stereocenters. The number of amides is 2. The first-order valence-electron chi connectivity index (χ1n) is 7.47. The fraction of sp³-hybridized carbons (Fsp3) is 0.500. The van der Waals surface area contributed by atoms with Crippen LogP contribution < -0.4 is 5.32 Å². The van der Waals surface area contributed by atoms with Crippen molar-refractivity contribution in [2.24, 2.45) is 5.92 Å². The van der Waals surface area contributed by atoms with Crippen LogP contribution in [-0.2, 0) is 14.3 Å². The van der Waals surface area contributed by atoms with E-state index in [4.69, 9.17) is 4.74 Å². The van der Waals surface area contributed by atoms with E-state index >= 15 is 0 Å². The molecule has 0 spiro atoms. The zero-order chi connectivity index (χ0) is 17.9. The van der Waals surface area contributed by atoms with E-state index in [1.54, 1.807) is 25.3 Å². The molecule has 1 heterocycles. The van der Waals surface area contributed by atoms with Gasteiger partial charge >= 0.3 is 6.18 Å². The topological polar surface area (TPSA) is 58.6 Å². The Bertz CT molecular complexity index is 619. The number of rotatable bonds is 5. The fourth-order valence-corrected chi connectivity index (χ4v) is 2.57. The molecule has 1 N–H and O–H groups in total. The summed E-state index contributed by atoms with van der Waals surface area (Å²) in [4.78, 5) is 24.5. The van der Waals surface area contributed by atoms with Crippen LogP contribution in [0.1, 0.15) is 25.0 Å². The van der Waals surface area contributed by atoms with Crippen LogP contribution in [0.25, 0.3) is 0 Å². The molecule has 24 heavy (non-hydrogen) atoms. The van der Waals surface area contributed by atoms with Gasteiger partial charge in [-0.2, -0.15) is 13.2 Å². The Hall–Kier alpha value is -2.09. The smallest absolute Gasteiger partial charge is 0.377 e. The summed E-state index contributed by atoms with van der Waals surface area (Å²) in [6, 6.07) is 6.99. The molecule has 0 bridgehead atoms. The number of nitrogens with one attached hydrogen (secondary N) is 1. The first-order chi connectivity index (χ1) is 11.2. The lowest BCUT2D eigenvalue weighted by molar-refractivity contribution is -0.157. The van der Waals surface area contributed by atoms with E-state index in [-0.39, 0.29) is 19.1 Å². The molecule has 0 saturated carbocycles. The van der Waals surface area contributed by atoms with E-state index in [2.05, 4.69) is 5.32 Å². The molecule has 1 aliphatic rings. The third-order valence-corrected chi connectivity index (χ3v) is 3.93. The number of hydrogen-bond donors (Lipinski definition) is 1. The summed E-state index contributed by atoms with van der Waals surface area (Å²) in [7, 11) is 1.56. The molecule has 2 amide bonds. The van der Waals surface area contributed by atoms with Gasteiger partial charge in [-0.3, -0.25) is 9.59 Å². The van der Waals surface area contributed by atoms with E-state index in [0.29, 0.717) is 10.6 Å². The number of hydrogen-bond acceptors (Lipinski definition) is 3. The molecule has 5 nitrogen and oxygen atoms in total. The van der Waals surface area contributed by atoms with Crippen molar-refractivity contribution in [1.29, 1.82) is 0 Å². The molecule has 0 aliphatic carbocycles. The van der Waals surface area contributed by atoms with Gasteiger partial charge in [-0.25, -0.2) is 0 Å². The summed E-state index contributed by atoms with van der Waals surface area (Å²) in [6.45, 7) is 0.306. The first-order valence-corrected chi connectivity index (χ1v) is 7.47. The number of carbonyl (C=O) groups excluding carboxylic acids is 2. The third-order valence-electron chi connectivity index (χ3n) is 3.93. The highest BCUT2D eigenvalue weighted by Gasteiger charge is 2.40. The van der Waals surface area contributed by atoms with Crippen molar-refractivity contribution in [3.05, 3.63) is 29.8 Å². The summed E-state index contributed by atoms with van der Waals surface area (Å²) < 4.78 is 42.4. The van der Waals surface area contributed by atoms with E-state index < -0.39 is 30.5 Å². The number of methoxy groups -OCH3 is 1. The number of anilines is 1. The zero-order valence-corrected chi connectivity index (χ0v) is 13.4. The summed E-state index contributed by atoms with van der Waals surface area (Å²) in [6.07, 6.45) is -4.83. The molecule has 132 valence electrons. The van der Waals surface area contributed by atoms with Crippen LogP contribution in [0.3, 0.4) is 0 Å². The van der Waals surface area contributed by atoms with Gasteiger partial charge < -0.3 is 15.0 Å². The number of halogens is 3. The minimum absolute atomic E-state index is 0.155. The maximum atomic E-state index is 12.4. The largest absolute Gasteiger partial charge is 0.406 e. The first kappa shape index (κ1) is 18.3. The van der Waals surface area contributed by atoms with Crippen molar-refractivity contribution in [3.8, 4) is 0 Å². The number of benzene rings is 1. The quantitative estimate of drug-likeness (QED) is 0.894. The SMILES string of the molecule is CO[C@H](C)c1cccc(NC(=O)[C@H]2CC(=O)N(CC(F)(F)F)C2)c1. The number of alkyl halides is 3. The van der Waals surface area contributed by atoms with Crippen molar-refractivity contribution in [2.45, 2.75) is 25.6 Å². The monoisotopic (exact) mass is 344 g/mol. The predicted molar refractivity (Wildman–Crippen MR) is 81.2 cm³/mol. The average molecular weight is 344 g/mol. The van der Waals surface area contributed by atoms with E-state index in [9.17, 15) is 22.8 Å². The Kier molecular flexibility index (Phi) is 5.48. The van der Waals surface area contributed by atoms with Gasteiger partial charge in [0.1, 0.15) is 6.54 Å². The summed E-state index contributed by atoms with van der Waals surface area (Å²) in [5, 5.41) is 2.65. The van der Waals surface area contributed by atoms with Crippen LogP contribution in [0.5, 0.6) is 0 Å². The van der Waals surface area contributed by atoms with Gasteiger partial charge in [0.05, 0.1) is 12.0 Å². The van der Waals surface area contributed by atoms with Gasteiger partial charge in [-0.05, 0) is 24.6 Å². The van der Waals surface area contributed by atoms with Crippen molar-refractivity contribution >= 4 is 17.5 Å². The second-order valence-electron chi connectivity index (χ2n) is 5.78. The molecular formula is C16H19F3N2O3. The highest BCUT2D eigenvalue weighted by Crippen LogP contribution is 2.25. The Morgan fingerprint density at radius 1 is 1.46 bits per heavy atom.